The Morgan fingerprint density at radius 3 is 2.78 bits per heavy atom. The SMILES string of the molecule is Cc1ncc(CN2CCCN(CC(=O)O)CC2)s1. The molecule has 0 aromatic carbocycles. The fourth-order valence-corrected chi connectivity index (χ4v) is 3.07. The summed E-state index contributed by atoms with van der Waals surface area (Å²) >= 11 is 1.74. The Morgan fingerprint density at radius 1 is 1.39 bits per heavy atom. The molecule has 1 aromatic rings. The van der Waals surface area contributed by atoms with Crippen LogP contribution in [0.4, 0.5) is 0 Å². The lowest BCUT2D eigenvalue weighted by Crippen LogP contribution is -2.33. The molecule has 1 fully saturated rings. The minimum atomic E-state index is -0.735. The van der Waals surface area contributed by atoms with E-state index in [1.165, 1.54) is 4.88 Å². The predicted molar refractivity (Wildman–Crippen MR) is 70.8 cm³/mol. The average Bonchev–Trinajstić information content (AvgIpc) is 2.57. The third-order valence-electron chi connectivity index (χ3n) is 3.09. The number of nitrogens with zero attached hydrogens (tertiary/aromatic N) is 3. The fraction of sp³-hybridized carbons (Fsp3) is 0.667. The first kappa shape index (κ1) is 13.5. The number of carboxylic acids is 1. The predicted octanol–water partition coefficient (Wildman–Crippen LogP) is 1.04. The van der Waals surface area contributed by atoms with Crippen LogP contribution in [0.5, 0.6) is 0 Å². The Labute approximate surface area is 111 Å². The van der Waals surface area contributed by atoms with Crippen molar-refractivity contribution in [2.45, 2.75) is 19.9 Å². The van der Waals surface area contributed by atoms with Gasteiger partial charge >= 0.3 is 5.97 Å². The van der Waals surface area contributed by atoms with E-state index in [2.05, 4.69) is 9.88 Å². The highest BCUT2D eigenvalue weighted by Crippen LogP contribution is 2.15. The molecule has 1 saturated heterocycles. The quantitative estimate of drug-likeness (QED) is 0.885. The number of rotatable bonds is 4. The summed E-state index contributed by atoms with van der Waals surface area (Å²) < 4.78 is 0. The van der Waals surface area contributed by atoms with Crippen molar-refractivity contribution >= 4 is 17.3 Å². The number of aryl methyl sites for hydroxylation is 1. The molecule has 6 heteroatoms. The van der Waals surface area contributed by atoms with Crippen LogP contribution in [0.15, 0.2) is 6.20 Å². The van der Waals surface area contributed by atoms with Gasteiger partial charge in [-0.3, -0.25) is 14.6 Å². The average molecular weight is 269 g/mol. The van der Waals surface area contributed by atoms with Gasteiger partial charge in [0.2, 0.25) is 0 Å². The molecule has 1 N–H and O–H groups in total. The van der Waals surface area contributed by atoms with Crippen molar-refractivity contribution in [2.24, 2.45) is 0 Å². The minimum Gasteiger partial charge on any atom is -0.480 e. The third kappa shape index (κ3) is 4.04. The molecule has 0 spiro atoms. The Morgan fingerprint density at radius 2 is 2.11 bits per heavy atom. The number of carboxylic acid groups (broad SMARTS) is 1. The van der Waals surface area contributed by atoms with Gasteiger partial charge in [-0.15, -0.1) is 11.3 Å². The van der Waals surface area contributed by atoms with Crippen LogP contribution in [0, 0.1) is 6.92 Å². The molecule has 1 aliphatic heterocycles. The zero-order valence-corrected chi connectivity index (χ0v) is 11.4. The molecule has 1 aromatic heterocycles. The van der Waals surface area contributed by atoms with Crippen LogP contribution < -0.4 is 0 Å². The highest BCUT2D eigenvalue weighted by molar-refractivity contribution is 7.11. The largest absolute Gasteiger partial charge is 0.480 e. The van der Waals surface area contributed by atoms with Crippen molar-refractivity contribution in [3.63, 3.8) is 0 Å². The van der Waals surface area contributed by atoms with Crippen molar-refractivity contribution in [1.29, 1.82) is 0 Å². The number of hydrogen-bond acceptors (Lipinski definition) is 5. The fourth-order valence-electron chi connectivity index (χ4n) is 2.23. The van der Waals surface area contributed by atoms with Crippen LogP contribution in [0.1, 0.15) is 16.3 Å². The molecule has 0 bridgehead atoms. The maximum atomic E-state index is 10.7. The highest BCUT2D eigenvalue weighted by atomic mass is 32.1. The summed E-state index contributed by atoms with van der Waals surface area (Å²) in [4.78, 5) is 20.6. The molecule has 0 radical (unpaired) electrons. The van der Waals surface area contributed by atoms with Gasteiger partial charge < -0.3 is 5.11 Å². The van der Waals surface area contributed by atoms with E-state index in [-0.39, 0.29) is 6.54 Å². The highest BCUT2D eigenvalue weighted by Gasteiger charge is 2.17. The summed E-state index contributed by atoms with van der Waals surface area (Å²) in [5.74, 6) is -0.735. The summed E-state index contributed by atoms with van der Waals surface area (Å²) in [5, 5.41) is 9.90. The molecule has 0 saturated carbocycles. The van der Waals surface area contributed by atoms with Gasteiger partial charge in [0.25, 0.3) is 0 Å². The minimum absolute atomic E-state index is 0.160. The lowest BCUT2D eigenvalue weighted by molar-refractivity contribution is -0.138. The number of aliphatic carboxylic acids is 1. The molecule has 0 atom stereocenters. The number of carbonyl (C=O) groups is 1. The molecule has 1 aliphatic rings. The van der Waals surface area contributed by atoms with E-state index in [1.807, 2.05) is 18.0 Å². The number of hydrogen-bond donors (Lipinski definition) is 1. The molecule has 0 amide bonds. The topological polar surface area (TPSA) is 56.7 Å². The van der Waals surface area contributed by atoms with Crippen LogP contribution in [0.25, 0.3) is 0 Å². The van der Waals surface area contributed by atoms with Gasteiger partial charge in [-0.05, 0) is 19.9 Å². The van der Waals surface area contributed by atoms with E-state index in [0.717, 1.165) is 44.2 Å². The first-order valence-electron chi connectivity index (χ1n) is 6.21. The molecule has 2 heterocycles. The monoisotopic (exact) mass is 269 g/mol. The lowest BCUT2D eigenvalue weighted by Gasteiger charge is -2.19. The molecule has 2 rings (SSSR count). The zero-order chi connectivity index (χ0) is 13.0. The summed E-state index contributed by atoms with van der Waals surface area (Å²) in [6.45, 7) is 6.80. The summed E-state index contributed by atoms with van der Waals surface area (Å²) in [7, 11) is 0. The maximum absolute atomic E-state index is 10.7. The number of thiazole rings is 1. The second kappa shape index (κ2) is 6.26. The maximum Gasteiger partial charge on any atom is 0.317 e. The lowest BCUT2D eigenvalue weighted by atomic mass is 10.3. The van der Waals surface area contributed by atoms with E-state index in [9.17, 15) is 4.79 Å². The van der Waals surface area contributed by atoms with Crippen molar-refractivity contribution in [1.82, 2.24) is 14.8 Å². The zero-order valence-electron chi connectivity index (χ0n) is 10.6. The van der Waals surface area contributed by atoms with Gasteiger partial charge in [-0.25, -0.2) is 4.98 Å². The van der Waals surface area contributed by atoms with E-state index < -0.39 is 5.97 Å². The first-order chi connectivity index (χ1) is 8.63. The second-order valence-electron chi connectivity index (χ2n) is 4.65. The van der Waals surface area contributed by atoms with Crippen LogP contribution in [0.3, 0.4) is 0 Å². The smallest absolute Gasteiger partial charge is 0.317 e. The summed E-state index contributed by atoms with van der Waals surface area (Å²) in [6, 6.07) is 0. The molecule has 18 heavy (non-hydrogen) atoms. The number of aromatic nitrogens is 1. The van der Waals surface area contributed by atoms with Crippen LogP contribution in [0.2, 0.25) is 0 Å². The Balaban J connectivity index is 1.83. The van der Waals surface area contributed by atoms with Gasteiger partial charge in [0, 0.05) is 37.3 Å². The normalized spacial score (nSPS) is 18.7. The van der Waals surface area contributed by atoms with Gasteiger partial charge in [0.1, 0.15) is 0 Å². The Bertz CT molecular complexity index is 408. The first-order valence-corrected chi connectivity index (χ1v) is 7.03. The van der Waals surface area contributed by atoms with Gasteiger partial charge in [-0.2, -0.15) is 0 Å². The van der Waals surface area contributed by atoms with Crippen LogP contribution in [-0.2, 0) is 11.3 Å². The Kier molecular flexibility index (Phi) is 4.68. The molecule has 0 unspecified atom stereocenters. The third-order valence-corrected chi connectivity index (χ3v) is 3.99. The van der Waals surface area contributed by atoms with Crippen molar-refractivity contribution in [2.75, 3.05) is 32.7 Å². The van der Waals surface area contributed by atoms with Crippen molar-refractivity contribution in [3.8, 4) is 0 Å². The van der Waals surface area contributed by atoms with Gasteiger partial charge in [0.05, 0.1) is 11.6 Å². The van der Waals surface area contributed by atoms with Gasteiger partial charge in [0.15, 0.2) is 0 Å². The molecule has 5 nitrogen and oxygen atoms in total. The summed E-state index contributed by atoms with van der Waals surface area (Å²) in [6.07, 6.45) is 2.98. The van der Waals surface area contributed by atoms with E-state index in [0.29, 0.717) is 0 Å². The summed E-state index contributed by atoms with van der Waals surface area (Å²) in [5.41, 5.74) is 0. The van der Waals surface area contributed by atoms with E-state index >= 15 is 0 Å². The molecular weight excluding hydrogens is 250 g/mol. The standard InChI is InChI=1S/C12H19N3O2S/c1-10-13-7-11(18-10)8-14-3-2-4-15(6-5-14)9-12(16)17/h7H,2-6,8-9H2,1H3,(H,16,17). The molecular formula is C12H19N3O2S. The Hall–Kier alpha value is -0.980. The van der Waals surface area contributed by atoms with Crippen LogP contribution in [-0.4, -0.2) is 58.6 Å². The van der Waals surface area contributed by atoms with Gasteiger partial charge in [-0.1, -0.05) is 0 Å². The molecule has 100 valence electrons. The van der Waals surface area contributed by atoms with Crippen LogP contribution >= 0.6 is 11.3 Å². The molecule has 0 aliphatic carbocycles. The van der Waals surface area contributed by atoms with Crippen molar-refractivity contribution < 1.29 is 9.90 Å². The van der Waals surface area contributed by atoms with E-state index in [4.69, 9.17) is 5.11 Å². The second-order valence-corrected chi connectivity index (χ2v) is 5.96. The van der Waals surface area contributed by atoms with E-state index in [1.54, 1.807) is 11.3 Å². The van der Waals surface area contributed by atoms with Crippen molar-refractivity contribution in [3.05, 3.63) is 16.1 Å².